The average Bonchev–Trinajstić information content (AvgIpc) is 2.80. The van der Waals surface area contributed by atoms with E-state index in [2.05, 4.69) is 26.9 Å². The number of ether oxygens (including phenoxy) is 2. The van der Waals surface area contributed by atoms with Crippen LogP contribution in [0.2, 0.25) is 0 Å². The summed E-state index contributed by atoms with van der Waals surface area (Å²) >= 11 is 3.59. The lowest BCUT2D eigenvalue weighted by Gasteiger charge is -2.17. The van der Waals surface area contributed by atoms with Gasteiger partial charge in [-0.25, -0.2) is 0 Å². The van der Waals surface area contributed by atoms with Gasteiger partial charge in [0.05, 0.1) is 13.2 Å². The Hall–Kier alpha value is -0.580. The fourth-order valence-corrected chi connectivity index (χ4v) is 2.55. The minimum absolute atomic E-state index is 0.388. The lowest BCUT2D eigenvalue weighted by molar-refractivity contribution is 0.107. The normalized spacial score (nSPS) is 20.8. The highest BCUT2D eigenvalue weighted by Crippen LogP contribution is 2.25. The zero-order chi connectivity index (χ0) is 12.3. The summed E-state index contributed by atoms with van der Waals surface area (Å²) in [5, 5.41) is 0. The van der Waals surface area contributed by atoms with Crippen molar-refractivity contribution in [2.24, 2.45) is 0 Å². The Morgan fingerprint density at radius 3 is 2.88 bits per heavy atom. The van der Waals surface area contributed by atoms with Crippen molar-refractivity contribution < 1.29 is 9.47 Å². The third kappa shape index (κ3) is 3.21. The number of hydrogen-bond donors (Lipinski definition) is 0. The number of halogens is 1. The zero-order valence-corrected chi connectivity index (χ0v) is 11.9. The molecule has 1 aromatic carbocycles. The first-order valence-corrected chi connectivity index (χ1v) is 6.60. The standard InChI is InChI=1S/C13H18BrNO2/c1-16-11-3-4-13(14)10(7-11)8-15-6-5-12(9-15)17-2/h3-4,7,12H,5-6,8-9H2,1-2H3/t12-/m0/s1. The highest BCUT2D eigenvalue weighted by Gasteiger charge is 2.22. The quantitative estimate of drug-likeness (QED) is 0.853. The minimum Gasteiger partial charge on any atom is -0.497 e. The van der Waals surface area contributed by atoms with Gasteiger partial charge >= 0.3 is 0 Å². The van der Waals surface area contributed by atoms with E-state index >= 15 is 0 Å². The summed E-state index contributed by atoms with van der Waals surface area (Å²) in [5.41, 5.74) is 1.26. The second-order valence-corrected chi connectivity index (χ2v) is 5.19. The van der Waals surface area contributed by atoms with Crippen LogP contribution in [0.4, 0.5) is 0 Å². The Balaban J connectivity index is 2.03. The molecule has 2 rings (SSSR count). The average molecular weight is 300 g/mol. The smallest absolute Gasteiger partial charge is 0.119 e. The van der Waals surface area contributed by atoms with Gasteiger partial charge in [-0.05, 0) is 30.2 Å². The van der Waals surface area contributed by atoms with Crippen molar-refractivity contribution in [3.05, 3.63) is 28.2 Å². The first kappa shape index (κ1) is 12.9. The maximum atomic E-state index is 5.38. The highest BCUT2D eigenvalue weighted by atomic mass is 79.9. The second kappa shape index (κ2) is 5.85. The van der Waals surface area contributed by atoms with Crippen LogP contribution in [0.15, 0.2) is 22.7 Å². The van der Waals surface area contributed by atoms with Gasteiger partial charge in [0.2, 0.25) is 0 Å². The van der Waals surface area contributed by atoms with Crippen LogP contribution in [0.5, 0.6) is 5.75 Å². The van der Waals surface area contributed by atoms with E-state index < -0.39 is 0 Å². The van der Waals surface area contributed by atoms with E-state index in [-0.39, 0.29) is 0 Å². The SMILES string of the molecule is COc1ccc(Br)c(CN2CC[C@H](OC)C2)c1. The maximum Gasteiger partial charge on any atom is 0.119 e. The molecular weight excluding hydrogens is 282 g/mol. The third-order valence-corrected chi connectivity index (χ3v) is 3.98. The third-order valence-electron chi connectivity index (χ3n) is 3.21. The fourth-order valence-electron chi connectivity index (χ4n) is 2.17. The molecule has 94 valence electrons. The van der Waals surface area contributed by atoms with Crippen molar-refractivity contribution in [3.63, 3.8) is 0 Å². The highest BCUT2D eigenvalue weighted by molar-refractivity contribution is 9.10. The molecule has 1 fully saturated rings. The molecule has 0 aromatic heterocycles. The van der Waals surface area contributed by atoms with Crippen LogP contribution in [-0.2, 0) is 11.3 Å². The lowest BCUT2D eigenvalue weighted by Crippen LogP contribution is -2.22. The Labute approximate surface area is 111 Å². The summed E-state index contributed by atoms with van der Waals surface area (Å²) in [4.78, 5) is 2.41. The summed E-state index contributed by atoms with van der Waals surface area (Å²) in [7, 11) is 3.49. The number of likely N-dealkylation sites (tertiary alicyclic amines) is 1. The predicted octanol–water partition coefficient (Wildman–Crippen LogP) is 2.68. The van der Waals surface area contributed by atoms with Crippen LogP contribution in [0, 0.1) is 0 Å². The molecule has 0 amide bonds. The van der Waals surface area contributed by atoms with E-state index in [4.69, 9.17) is 9.47 Å². The van der Waals surface area contributed by atoms with Crippen LogP contribution in [-0.4, -0.2) is 38.3 Å². The Kier molecular flexibility index (Phi) is 4.42. The minimum atomic E-state index is 0.388. The first-order valence-electron chi connectivity index (χ1n) is 5.80. The van der Waals surface area contributed by atoms with Crippen LogP contribution < -0.4 is 4.74 Å². The van der Waals surface area contributed by atoms with E-state index in [1.165, 1.54) is 5.56 Å². The Bertz CT molecular complexity index is 384. The number of rotatable bonds is 4. The van der Waals surface area contributed by atoms with E-state index in [0.29, 0.717) is 6.10 Å². The molecule has 0 radical (unpaired) electrons. The van der Waals surface area contributed by atoms with Crippen molar-refractivity contribution in [2.45, 2.75) is 19.1 Å². The number of nitrogens with zero attached hydrogens (tertiary/aromatic N) is 1. The second-order valence-electron chi connectivity index (χ2n) is 4.34. The van der Waals surface area contributed by atoms with Crippen molar-refractivity contribution in [2.75, 3.05) is 27.3 Å². The zero-order valence-electron chi connectivity index (χ0n) is 10.3. The van der Waals surface area contributed by atoms with E-state index in [0.717, 1.165) is 36.3 Å². The molecule has 0 unspecified atom stereocenters. The molecule has 4 heteroatoms. The molecule has 0 spiro atoms. The lowest BCUT2D eigenvalue weighted by atomic mass is 10.2. The monoisotopic (exact) mass is 299 g/mol. The summed E-state index contributed by atoms with van der Waals surface area (Å²) in [5.74, 6) is 0.908. The van der Waals surface area contributed by atoms with Crippen molar-refractivity contribution in [3.8, 4) is 5.75 Å². The molecule has 1 atom stereocenters. The Morgan fingerprint density at radius 2 is 2.24 bits per heavy atom. The van der Waals surface area contributed by atoms with Gasteiger partial charge in [-0.15, -0.1) is 0 Å². The van der Waals surface area contributed by atoms with Crippen LogP contribution in [0.3, 0.4) is 0 Å². The molecule has 1 saturated heterocycles. The summed E-state index contributed by atoms with van der Waals surface area (Å²) in [6.07, 6.45) is 1.51. The molecule has 0 aliphatic carbocycles. The topological polar surface area (TPSA) is 21.7 Å². The number of methoxy groups -OCH3 is 2. The van der Waals surface area contributed by atoms with Gasteiger partial charge in [0.1, 0.15) is 5.75 Å². The van der Waals surface area contributed by atoms with Crippen molar-refractivity contribution in [1.29, 1.82) is 0 Å². The molecule has 0 saturated carbocycles. The van der Waals surface area contributed by atoms with Crippen molar-refractivity contribution >= 4 is 15.9 Å². The molecule has 1 aromatic rings. The molecule has 3 nitrogen and oxygen atoms in total. The fraction of sp³-hybridized carbons (Fsp3) is 0.538. The predicted molar refractivity (Wildman–Crippen MR) is 71.4 cm³/mol. The van der Waals surface area contributed by atoms with Crippen LogP contribution in [0.1, 0.15) is 12.0 Å². The summed E-state index contributed by atoms with van der Waals surface area (Å²) in [6, 6.07) is 6.10. The summed E-state index contributed by atoms with van der Waals surface area (Å²) < 4.78 is 11.8. The molecule has 1 aliphatic heterocycles. The molecule has 0 bridgehead atoms. The largest absolute Gasteiger partial charge is 0.497 e. The maximum absolute atomic E-state index is 5.38. The number of benzene rings is 1. The first-order chi connectivity index (χ1) is 8.22. The Morgan fingerprint density at radius 1 is 1.41 bits per heavy atom. The van der Waals surface area contributed by atoms with E-state index in [1.54, 1.807) is 14.2 Å². The van der Waals surface area contributed by atoms with Gasteiger partial charge in [-0.2, -0.15) is 0 Å². The van der Waals surface area contributed by atoms with E-state index in [1.807, 2.05) is 12.1 Å². The van der Waals surface area contributed by atoms with Gasteiger partial charge in [0, 0.05) is 31.2 Å². The van der Waals surface area contributed by atoms with Crippen molar-refractivity contribution in [1.82, 2.24) is 4.90 Å². The number of hydrogen-bond acceptors (Lipinski definition) is 3. The molecular formula is C13H18BrNO2. The van der Waals surface area contributed by atoms with E-state index in [9.17, 15) is 0 Å². The van der Waals surface area contributed by atoms with Gasteiger partial charge in [-0.1, -0.05) is 15.9 Å². The molecule has 1 aliphatic rings. The van der Waals surface area contributed by atoms with Gasteiger partial charge in [0.25, 0.3) is 0 Å². The molecule has 17 heavy (non-hydrogen) atoms. The summed E-state index contributed by atoms with van der Waals surface area (Å²) in [6.45, 7) is 3.06. The van der Waals surface area contributed by atoms with Crippen LogP contribution >= 0.6 is 15.9 Å². The van der Waals surface area contributed by atoms with Gasteiger partial charge in [-0.3, -0.25) is 4.90 Å². The van der Waals surface area contributed by atoms with Crippen LogP contribution in [0.25, 0.3) is 0 Å². The van der Waals surface area contributed by atoms with Gasteiger partial charge in [0.15, 0.2) is 0 Å². The van der Waals surface area contributed by atoms with Gasteiger partial charge < -0.3 is 9.47 Å². The molecule has 1 heterocycles. The molecule has 0 N–H and O–H groups in total.